The molecule has 0 atom stereocenters. The molecule has 0 aliphatic rings. The molecule has 0 fully saturated rings. The predicted octanol–water partition coefficient (Wildman–Crippen LogP) is 2.25. The summed E-state index contributed by atoms with van der Waals surface area (Å²) in [5, 5.41) is 0. The zero-order valence-electron chi connectivity index (χ0n) is 4.03. The number of hydrogen-bond acceptors (Lipinski definition) is 0. The summed E-state index contributed by atoms with van der Waals surface area (Å²) in [7, 11) is 0. The third kappa shape index (κ3) is 231. The Hall–Kier alpha value is 1.06. The fraction of sp³-hybridized carbons (Fsp3) is 0. The van der Waals surface area contributed by atoms with E-state index in [0.717, 1.165) is 0 Å². The van der Waals surface area contributed by atoms with Crippen molar-refractivity contribution < 1.29 is 38.7 Å². The van der Waals surface area contributed by atoms with E-state index < -0.39 is 19.5 Å². The van der Waals surface area contributed by atoms with Gasteiger partial charge in [0, 0.05) is 20.4 Å². The molecule has 0 nitrogen and oxygen atoms in total. The molecule has 0 aromatic rings. The van der Waals surface area contributed by atoms with Gasteiger partial charge in [-0.15, -0.1) is 0 Å². The minimum absolute atomic E-state index is 0. The Kier molecular flexibility index (Phi) is 2.30. The van der Waals surface area contributed by atoms with E-state index in [1.807, 2.05) is 0 Å². The molecule has 8 heteroatoms. The Morgan fingerprint density at radius 3 is 0.750 bits per heavy atom. The monoisotopic (exact) mass is 342 g/mol. The zero-order valence-corrected chi connectivity index (χ0v) is 7.14. The van der Waals surface area contributed by atoms with Crippen molar-refractivity contribution in [2.24, 2.45) is 0 Å². The van der Waals surface area contributed by atoms with E-state index in [1.54, 1.807) is 0 Å². The Morgan fingerprint density at radius 2 is 0.750 bits per heavy atom. The molecule has 0 aliphatic carbocycles. The molecule has 0 unspecified atom stereocenters. The Bertz CT molecular complexity index is 71.6. The van der Waals surface area contributed by atoms with Crippen LogP contribution in [0.15, 0.2) is 0 Å². The minimum atomic E-state index is -11.2. The van der Waals surface area contributed by atoms with Crippen LogP contribution < -0.4 is 0 Å². The summed E-state index contributed by atoms with van der Waals surface area (Å²) in [5.41, 5.74) is 0. The first-order chi connectivity index (χ1) is 2.45. The van der Waals surface area contributed by atoms with Crippen LogP contribution in [0.3, 0.4) is 0 Å². The van der Waals surface area contributed by atoms with Crippen LogP contribution in [0.4, 0.5) is 16.9 Å². The van der Waals surface area contributed by atoms with Crippen molar-refractivity contribution >= 4 is 19.5 Å². The van der Waals surface area contributed by atoms with Gasteiger partial charge in [0.05, 0.1) is 0 Å². The van der Waals surface area contributed by atoms with Crippen LogP contribution in [-0.4, -0.2) is 19.5 Å². The number of rotatable bonds is 0. The molecule has 0 rings (SSSR count). The molecule has 0 radical (unpaired) electrons. The molecule has 58 valence electrons. The van der Waals surface area contributed by atoms with Gasteiger partial charge in [-0.05, 0) is 0 Å². The van der Waals surface area contributed by atoms with Gasteiger partial charge >= 0.3 is 37.8 Å². The van der Waals surface area contributed by atoms with E-state index in [4.69, 9.17) is 0 Å². The van der Waals surface area contributed by atoms with Crippen molar-refractivity contribution in [3.05, 3.63) is 0 Å². The standard InChI is InChI=1S/6FH.Pd.Sb/h6*1H;;/q;;;;;;;+5/p-5. The average Bonchev–Trinajstić information content (AvgIpc) is 0.592. The smallest absolute Gasteiger partial charge is 0 e. The van der Waals surface area contributed by atoms with Crippen LogP contribution in [0.25, 0.3) is 0 Å². The summed E-state index contributed by atoms with van der Waals surface area (Å²) >= 11 is -11.2. The summed E-state index contributed by atoms with van der Waals surface area (Å²) in [6, 6.07) is 0. The molecular formula is HF6PdSb. The van der Waals surface area contributed by atoms with Crippen molar-refractivity contribution in [1.29, 1.82) is 0 Å². The summed E-state index contributed by atoms with van der Waals surface area (Å²) in [4.78, 5) is 0. The van der Waals surface area contributed by atoms with E-state index in [1.165, 1.54) is 0 Å². The van der Waals surface area contributed by atoms with Gasteiger partial charge in [0.1, 0.15) is 0 Å². The second-order valence-electron chi connectivity index (χ2n) is 0.958. The molecular weight excluding hydrogens is 342 g/mol. The molecule has 0 aromatic carbocycles. The van der Waals surface area contributed by atoms with Crippen LogP contribution in [0.1, 0.15) is 1.43 Å². The molecule has 0 bridgehead atoms. The van der Waals surface area contributed by atoms with Crippen molar-refractivity contribution in [1.82, 2.24) is 0 Å². The van der Waals surface area contributed by atoms with Gasteiger partial charge in [-0.3, -0.25) is 0 Å². The van der Waals surface area contributed by atoms with Gasteiger partial charge in [0.15, 0.2) is 0 Å². The Morgan fingerprint density at radius 1 is 0.750 bits per heavy atom. The third-order valence-corrected chi connectivity index (χ3v) is 0. The Balaban J connectivity index is -0.000000180. The molecule has 0 spiro atoms. The molecule has 0 N–H and O–H groups in total. The van der Waals surface area contributed by atoms with Gasteiger partial charge in [-0.25, -0.2) is 0 Å². The molecule has 0 aliphatic heterocycles. The zero-order chi connectivity index (χ0) is 6.41. The largest absolute Gasteiger partial charge is 1.00 e. The van der Waals surface area contributed by atoms with Gasteiger partial charge < -0.3 is 0 Å². The van der Waals surface area contributed by atoms with Gasteiger partial charge in [-0.1, -0.05) is 0 Å². The van der Waals surface area contributed by atoms with Crippen molar-refractivity contribution in [2.75, 3.05) is 0 Å². The normalized spacial score (nSPS) is 20.2. The van der Waals surface area contributed by atoms with Crippen molar-refractivity contribution in [3.63, 3.8) is 0 Å². The van der Waals surface area contributed by atoms with E-state index in [0.29, 0.717) is 0 Å². The first-order valence-electron chi connectivity index (χ1n) is 1.01. The maximum atomic E-state index is 9.93. The molecule has 0 saturated carbocycles. The number of halogens is 6. The van der Waals surface area contributed by atoms with E-state index >= 15 is 0 Å². The summed E-state index contributed by atoms with van der Waals surface area (Å²) in [6.07, 6.45) is 0. The first-order valence-corrected chi connectivity index (χ1v) is 6.80. The molecule has 0 saturated heterocycles. The quantitative estimate of drug-likeness (QED) is 0.468. The van der Waals surface area contributed by atoms with Gasteiger partial charge in [0.25, 0.3) is 0 Å². The average molecular weight is 343 g/mol. The van der Waals surface area contributed by atoms with Crippen molar-refractivity contribution in [3.8, 4) is 0 Å². The van der Waals surface area contributed by atoms with Crippen LogP contribution in [0.2, 0.25) is 0 Å². The van der Waals surface area contributed by atoms with Crippen LogP contribution >= 0.6 is 0 Å². The Labute approximate surface area is 58.3 Å². The summed E-state index contributed by atoms with van der Waals surface area (Å²) in [6.45, 7) is 0. The minimum Gasteiger partial charge on any atom is 0 e. The maximum absolute atomic E-state index is 11.2. The molecule has 8 heavy (non-hydrogen) atoms. The van der Waals surface area contributed by atoms with E-state index in [2.05, 4.69) is 0 Å². The first kappa shape index (κ1) is 11.8. The van der Waals surface area contributed by atoms with Crippen LogP contribution in [-0.2, 0) is 20.4 Å². The van der Waals surface area contributed by atoms with Crippen molar-refractivity contribution in [2.45, 2.75) is 0 Å². The SMILES string of the molecule is [F][Sb-]([F])([F])([F])([F])[F].[H+].[Pd]. The fourth-order valence-corrected chi connectivity index (χ4v) is 0. The number of hydrogen-bond donors (Lipinski definition) is 0. The predicted molar refractivity (Wildman–Crippen MR) is 13.5 cm³/mol. The molecule has 0 heterocycles. The van der Waals surface area contributed by atoms with Gasteiger partial charge in [0.2, 0.25) is 0 Å². The van der Waals surface area contributed by atoms with Gasteiger partial charge in [-0.2, -0.15) is 0 Å². The van der Waals surface area contributed by atoms with Crippen LogP contribution in [0.5, 0.6) is 0 Å². The maximum Gasteiger partial charge on any atom is 1.00 e. The van der Waals surface area contributed by atoms with E-state index in [9.17, 15) is 16.9 Å². The second-order valence-corrected chi connectivity index (χ2v) is 6.43. The summed E-state index contributed by atoms with van der Waals surface area (Å²) in [5.74, 6) is 0. The van der Waals surface area contributed by atoms with Crippen LogP contribution in [0, 0.1) is 0 Å². The second kappa shape index (κ2) is 1.56. The topological polar surface area (TPSA) is 0 Å². The third-order valence-electron chi connectivity index (χ3n) is 0. The summed E-state index contributed by atoms with van der Waals surface area (Å²) < 4.78 is 59.6. The molecule has 0 aromatic heterocycles. The molecule has 0 amide bonds. The van der Waals surface area contributed by atoms with E-state index in [-0.39, 0.29) is 21.8 Å². The fourth-order valence-electron chi connectivity index (χ4n) is 0.